The Labute approximate surface area is 161 Å². The summed E-state index contributed by atoms with van der Waals surface area (Å²) in [4.78, 5) is 26.3. The Bertz CT molecular complexity index is 877. The zero-order chi connectivity index (χ0) is 18.7. The molecule has 2 aromatic rings. The molecule has 0 N–H and O–H groups in total. The summed E-state index contributed by atoms with van der Waals surface area (Å²) in [6.45, 7) is 4.43. The van der Waals surface area contributed by atoms with Crippen molar-refractivity contribution >= 4 is 40.6 Å². The number of amides is 2. The summed E-state index contributed by atoms with van der Waals surface area (Å²) >= 11 is 6.81. The van der Waals surface area contributed by atoms with Gasteiger partial charge in [-0.15, -0.1) is 0 Å². The van der Waals surface area contributed by atoms with Gasteiger partial charge in [-0.1, -0.05) is 35.9 Å². The molecular weight excluding hydrogens is 370 g/mol. The first-order chi connectivity index (χ1) is 12.4. The first-order valence-corrected chi connectivity index (χ1v) is 9.34. The van der Waals surface area contributed by atoms with E-state index in [4.69, 9.17) is 16.3 Å². The SMILES string of the molecule is Cc1ccc(C)c(OCCN2C(=O)S/C(=C\c3ccc(Cl)cc3)C2=O)c1. The lowest BCUT2D eigenvalue weighted by atomic mass is 10.1. The Kier molecular flexibility index (Phi) is 5.69. The van der Waals surface area contributed by atoms with Crippen molar-refractivity contribution in [3.8, 4) is 5.75 Å². The molecular formula is C20H18ClNO3S. The van der Waals surface area contributed by atoms with Gasteiger partial charge < -0.3 is 4.74 Å². The largest absolute Gasteiger partial charge is 0.491 e. The van der Waals surface area contributed by atoms with Crippen LogP contribution in [0.5, 0.6) is 5.75 Å². The number of carbonyl (C=O) groups excluding carboxylic acids is 2. The first kappa shape index (κ1) is 18.5. The molecule has 0 atom stereocenters. The summed E-state index contributed by atoms with van der Waals surface area (Å²) < 4.78 is 5.75. The highest BCUT2D eigenvalue weighted by Gasteiger charge is 2.34. The van der Waals surface area contributed by atoms with Crippen molar-refractivity contribution in [3.05, 3.63) is 69.1 Å². The van der Waals surface area contributed by atoms with Gasteiger partial charge in [0, 0.05) is 5.02 Å². The molecule has 1 fully saturated rings. The Morgan fingerprint density at radius 3 is 2.58 bits per heavy atom. The van der Waals surface area contributed by atoms with Crippen molar-refractivity contribution in [1.82, 2.24) is 4.90 Å². The number of rotatable bonds is 5. The summed E-state index contributed by atoms with van der Waals surface area (Å²) in [6.07, 6.45) is 1.70. The molecule has 2 amide bonds. The first-order valence-electron chi connectivity index (χ1n) is 8.15. The van der Waals surface area contributed by atoms with Crippen molar-refractivity contribution in [3.63, 3.8) is 0 Å². The molecule has 1 aliphatic heterocycles. The fourth-order valence-electron chi connectivity index (χ4n) is 2.51. The van der Waals surface area contributed by atoms with Crippen LogP contribution in [-0.2, 0) is 4.79 Å². The number of aryl methyl sites for hydroxylation is 2. The predicted molar refractivity (Wildman–Crippen MR) is 106 cm³/mol. The molecule has 26 heavy (non-hydrogen) atoms. The van der Waals surface area contributed by atoms with Crippen LogP contribution in [0.15, 0.2) is 47.4 Å². The molecule has 3 rings (SSSR count). The van der Waals surface area contributed by atoms with Crippen molar-refractivity contribution in [1.29, 1.82) is 0 Å². The van der Waals surface area contributed by atoms with Gasteiger partial charge in [0.25, 0.3) is 11.1 Å². The Morgan fingerprint density at radius 2 is 1.85 bits per heavy atom. The molecule has 0 spiro atoms. The number of hydrogen-bond donors (Lipinski definition) is 0. The van der Waals surface area contributed by atoms with Crippen molar-refractivity contribution in [2.75, 3.05) is 13.2 Å². The molecule has 1 saturated heterocycles. The number of thioether (sulfide) groups is 1. The molecule has 0 unspecified atom stereocenters. The van der Waals surface area contributed by atoms with Crippen LogP contribution in [0.1, 0.15) is 16.7 Å². The van der Waals surface area contributed by atoms with E-state index in [9.17, 15) is 9.59 Å². The lowest BCUT2D eigenvalue weighted by molar-refractivity contribution is -0.123. The summed E-state index contributed by atoms with van der Waals surface area (Å²) in [7, 11) is 0. The normalized spacial score (nSPS) is 15.8. The predicted octanol–water partition coefficient (Wildman–Crippen LogP) is 5.07. The van der Waals surface area contributed by atoms with Crippen LogP contribution in [0.25, 0.3) is 6.08 Å². The average molecular weight is 388 g/mol. The lowest BCUT2D eigenvalue weighted by Crippen LogP contribution is -2.32. The van der Waals surface area contributed by atoms with Gasteiger partial charge in [0.05, 0.1) is 11.4 Å². The summed E-state index contributed by atoms with van der Waals surface area (Å²) in [5, 5.41) is 0.346. The van der Waals surface area contributed by atoms with Crippen LogP contribution >= 0.6 is 23.4 Å². The molecule has 6 heteroatoms. The molecule has 0 aromatic heterocycles. The highest BCUT2D eigenvalue weighted by molar-refractivity contribution is 8.18. The zero-order valence-corrected chi connectivity index (χ0v) is 16.1. The van der Waals surface area contributed by atoms with E-state index in [2.05, 4.69) is 0 Å². The van der Waals surface area contributed by atoms with Crippen LogP contribution in [0, 0.1) is 13.8 Å². The van der Waals surface area contributed by atoms with E-state index in [1.165, 1.54) is 4.90 Å². The molecule has 1 aliphatic rings. The molecule has 134 valence electrons. The smallest absolute Gasteiger partial charge is 0.293 e. The van der Waals surface area contributed by atoms with Gasteiger partial charge in [-0.05, 0) is 66.6 Å². The summed E-state index contributed by atoms with van der Waals surface area (Å²) in [6, 6.07) is 13.1. The third-order valence-electron chi connectivity index (χ3n) is 3.96. The third kappa shape index (κ3) is 4.29. The maximum atomic E-state index is 12.5. The number of benzene rings is 2. The molecule has 1 heterocycles. The average Bonchev–Trinajstić information content (AvgIpc) is 2.87. The highest BCUT2D eigenvalue weighted by atomic mass is 35.5. The fourth-order valence-corrected chi connectivity index (χ4v) is 3.50. The van der Waals surface area contributed by atoms with Crippen LogP contribution in [0.3, 0.4) is 0 Å². The molecule has 4 nitrogen and oxygen atoms in total. The maximum absolute atomic E-state index is 12.5. The maximum Gasteiger partial charge on any atom is 0.293 e. The highest BCUT2D eigenvalue weighted by Crippen LogP contribution is 2.32. The summed E-state index contributed by atoms with van der Waals surface area (Å²) in [5.41, 5.74) is 2.95. The van der Waals surface area contributed by atoms with Crippen molar-refractivity contribution in [2.24, 2.45) is 0 Å². The molecule has 0 bridgehead atoms. The van der Waals surface area contributed by atoms with E-state index in [-0.39, 0.29) is 24.3 Å². The second kappa shape index (κ2) is 7.98. The van der Waals surface area contributed by atoms with Gasteiger partial charge in [0.1, 0.15) is 12.4 Å². The minimum Gasteiger partial charge on any atom is -0.491 e. The second-order valence-corrected chi connectivity index (χ2v) is 7.43. The monoisotopic (exact) mass is 387 g/mol. The van der Waals surface area contributed by atoms with Gasteiger partial charge in [-0.25, -0.2) is 0 Å². The Hall–Kier alpha value is -2.24. The van der Waals surface area contributed by atoms with Crippen LogP contribution in [0.2, 0.25) is 5.02 Å². The van der Waals surface area contributed by atoms with Gasteiger partial charge in [0.15, 0.2) is 0 Å². The Balaban J connectivity index is 1.64. The number of nitrogens with zero attached hydrogens (tertiary/aromatic N) is 1. The molecule has 2 aromatic carbocycles. The van der Waals surface area contributed by atoms with E-state index in [0.717, 1.165) is 34.2 Å². The molecule has 0 saturated carbocycles. The van der Waals surface area contributed by atoms with Gasteiger partial charge in [0.2, 0.25) is 0 Å². The quantitative estimate of drug-likeness (QED) is 0.672. The van der Waals surface area contributed by atoms with Gasteiger partial charge in [-0.2, -0.15) is 0 Å². The topological polar surface area (TPSA) is 46.6 Å². The van der Waals surface area contributed by atoms with Crippen molar-refractivity contribution < 1.29 is 14.3 Å². The van der Waals surface area contributed by atoms with E-state index >= 15 is 0 Å². The van der Waals surface area contributed by atoms with Crippen molar-refractivity contribution in [2.45, 2.75) is 13.8 Å². The molecule has 0 aliphatic carbocycles. The van der Waals surface area contributed by atoms with Crippen LogP contribution in [0.4, 0.5) is 4.79 Å². The van der Waals surface area contributed by atoms with Gasteiger partial charge >= 0.3 is 0 Å². The van der Waals surface area contributed by atoms with Crippen LogP contribution < -0.4 is 4.74 Å². The third-order valence-corrected chi connectivity index (χ3v) is 5.12. The number of ether oxygens (including phenoxy) is 1. The lowest BCUT2D eigenvalue weighted by Gasteiger charge is -2.14. The number of halogens is 1. The minimum atomic E-state index is -0.292. The van der Waals surface area contributed by atoms with E-state index in [1.54, 1.807) is 30.3 Å². The van der Waals surface area contributed by atoms with Crippen LogP contribution in [-0.4, -0.2) is 29.2 Å². The minimum absolute atomic E-state index is 0.218. The van der Waals surface area contributed by atoms with E-state index in [0.29, 0.717) is 9.93 Å². The Morgan fingerprint density at radius 1 is 1.12 bits per heavy atom. The standard InChI is InChI=1S/C20H18ClNO3S/c1-13-3-4-14(2)17(11-13)25-10-9-22-19(23)18(26-20(22)24)12-15-5-7-16(21)8-6-15/h3-8,11-12H,9-10H2,1-2H3/b18-12-. The van der Waals surface area contributed by atoms with Gasteiger partial charge in [-0.3, -0.25) is 14.5 Å². The van der Waals surface area contributed by atoms with E-state index < -0.39 is 0 Å². The zero-order valence-electron chi connectivity index (χ0n) is 14.5. The number of imide groups is 1. The number of hydrogen-bond acceptors (Lipinski definition) is 4. The van der Waals surface area contributed by atoms with E-state index in [1.807, 2.05) is 32.0 Å². The second-order valence-electron chi connectivity index (χ2n) is 6.00. The number of carbonyl (C=O) groups is 2. The molecule has 0 radical (unpaired) electrons. The summed E-state index contributed by atoms with van der Waals surface area (Å²) in [5.74, 6) is 0.480. The fraction of sp³-hybridized carbons (Fsp3) is 0.200.